The zero-order valence-corrected chi connectivity index (χ0v) is 9.68. The zero-order chi connectivity index (χ0) is 11.6. The first-order valence-corrected chi connectivity index (χ1v) is 5.15. The Kier molecular flexibility index (Phi) is 2.60. The van der Waals surface area contributed by atoms with E-state index < -0.39 is 0 Å². The van der Waals surface area contributed by atoms with Crippen LogP contribution in [0.2, 0.25) is 0 Å². The molecule has 5 heteroatoms. The average molecular weight is 217 g/mol. The van der Waals surface area contributed by atoms with Crippen molar-refractivity contribution in [1.29, 1.82) is 0 Å². The SMILES string of the molecule is CC(C)(C)n1cc(Nc2ncccn2)cn1. The van der Waals surface area contributed by atoms with Crippen LogP contribution in [0.3, 0.4) is 0 Å². The Morgan fingerprint density at radius 3 is 2.44 bits per heavy atom. The monoisotopic (exact) mass is 217 g/mol. The fourth-order valence-corrected chi connectivity index (χ4v) is 1.25. The van der Waals surface area contributed by atoms with Gasteiger partial charge in [-0.3, -0.25) is 4.68 Å². The maximum absolute atomic E-state index is 4.28. The minimum atomic E-state index is -0.0164. The van der Waals surface area contributed by atoms with Crippen molar-refractivity contribution in [3.05, 3.63) is 30.9 Å². The predicted molar refractivity (Wildman–Crippen MR) is 62.5 cm³/mol. The Balaban J connectivity index is 2.15. The first-order valence-electron chi connectivity index (χ1n) is 5.15. The van der Waals surface area contributed by atoms with Crippen molar-refractivity contribution in [2.24, 2.45) is 0 Å². The minimum Gasteiger partial charge on any atom is -0.321 e. The summed E-state index contributed by atoms with van der Waals surface area (Å²) < 4.78 is 1.90. The van der Waals surface area contributed by atoms with E-state index in [1.54, 1.807) is 24.7 Å². The molecular weight excluding hydrogens is 202 g/mol. The third kappa shape index (κ3) is 2.36. The molecule has 84 valence electrons. The summed E-state index contributed by atoms with van der Waals surface area (Å²) in [5.74, 6) is 0.580. The molecule has 2 rings (SSSR count). The normalized spacial score (nSPS) is 11.4. The summed E-state index contributed by atoms with van der Waals surface area (Å²) in [5, 5.41) is 7.37. The van der Waals surface area contributed by atoms with Gasteiger partial charge in [-0.25, -0.2) is 9.97 Å². The molecule has 0 bridgehead atoms. The molecule has 0 amide bonds. The Hall–Kier alpha value is -1.91. The number of nitrogens with zero attached hydrogens (tertiary/aromatic N) is 4. The molecule has 0 unspecified atom stereocenters. The number of nitrogens with one attached hydrogen (secondary N) is 1. The van der Waals surface area contributed by atoms with Gasteiger partial charge in [-0.15, -0.1) is 0 Å². The van der Waals surface area contributed by atoms with Crippen LogP contribution in [-0.2, 0) is 5.54 Å². The van der Waals surface area contributed by atoms with Crippen molar-refractivity contribution >= 4 is 11.6 Å². The maximum Gasteiger partial charge on any atom is 0.227 e. The molecule has 0 aliphatic heterocycles. The molecule has 0 atom stereocenters. The molecule has 0 spiro atoms. The largest absolute Gasteiger partial charge is 0.321 e. The minimum absolute atomic E-state index is 0.0164. The number of rotatable bonds is 2. The van der Waals surface area contributed by atoms with Crippen molar-refractivity contribution in [1.82, 2.24) is 19.7 Å². The van der Waals surface area contributed by atoms with Gasteiger partial charge in [0, 0.05) is 18.6 Å². The molecule has 0 saturated carbocycles. The number of hydrogen-bond donors (Lipinski definition) is 1. The molecular formula is C11H15N5. The second-order valence-electron chi connectivity index (χ2n) is 4.54. The second-order valence-corrected chi connectivity index (χ2v) is 4.54. The van der Waals surface area contributed by atoms with Gasteiger partial charge in [-0.2, -0.15) is 5.10 Å². The van der Waals surface area contributed by atoms with E-state index >= 15 is 0 Å². The van der Waals surface area contributed by atoms with Gasteiger partial charge in [0.2, 0.25) is 5.95 Å². The van der Waals surface area contributed by atoms with Gasteiger partial charge in [-0.1, -0.05) is 0 Å². The lowest BCUT2D eigenvalue weighted by Crippen LogP contribution is -2.21. The fraction of sp³-hybridized carbons (Fsp3) is 0.364. The zero-order valence-electron chi connectivity index (χ0n) is 9.68. The van der Waals surface area contributed by atoms with Crippen LogP contribution < -0.4 is 5.32 Å². The molecule has 5 nitrogen and oxygen atoms in total. The Morgan fingerprint density at radius 2 is 1.88 bits per heavy atom. The molecule has 0 fully saturated rings. The molecule has 2 heterocycles. The third-order valence-electron chi connectivity index (χ3n) is 2.09. The number of aromatic nitrogens is 4. The first-order chi connectivity index (χ1) is 7.55. The van der Waals surface area contributed by atoms with E-state index in [1.165, 1.54) is 0 Å². The van der Waals surface area contributed by atoms with Crippen LogP contribution in [0.15, 0.2) is 30.9 Å². The Morgan fingerprint density at radius 1 is 1.19 bits per heavy atom. The highest BCUT2D eigenvalue weighted by molar-refractivity contribution is 5.49. The van der Waals surface area contributed by atoms with Gasteiger partial charge in [0.1, 0.15) is 0 Å². The van der Waals surface area contributed by atoms with Gasteiger partial charge >= 0.3 is 0 Å². The number of anilines is 2. The van der Waals surface area contributed by atoms with Crippen LogP contribution in [0.25, 0.3) is 0 Å². The van der Waals surface area contributed by atoms with Crippen molar-refractivity contribution in [2.75, 3.05) is 5.32 Å². The molecule has 1 N–H and O–H groups in total. The molecule has 0 aromatic carbocycles. The van der Waals surface area contributed by atoms with E-state index in [0.717, 1.165) is 5.69 Å². The summed E-state index contributed by atoms with van der Waals surface area (Å²) in [5.41, 5.74) is 0.874. The van der Waals surface area contributed by atoms with Gasteiger partial charge in [0.25, 0.3) is 0 Å². The summed E-state index contributed by atoms with van der Waals surface area (Å²) in [4.78, 5) is 8.17. The van der Waals surface area contributed by atoms with Crippen LogP contribution in [0, 0.1) is 0 Å². The van der Waals surface area contributed by atoms with E-state index in [2.05, 4.69) is 41.2 Å². The summed E-state index contributed by atoms with van der Waals surface area (Å²) >= 11 is 0. The summed E-state index contributed by atoms with van der Waals surface area (Å²) in [6.45, 7) is 6.30. The lowest BCUT2D eigenvalue weighted by atomic mass is 10.1. The highest BCUT2D eigenvalue weighted by Gasteiger charge is 2.13. The molecule has 2 aromatic rings. The maximum atomic E-state index is 4.28. The van der Waals surface area contributed by atoms with Crippen molar-refractivity contribution in [2.45, 2.75) is 26.3 Å². The standard InChI is InChI=1S/C11H15N5/c1-11(2,3)16-8-9(7-14-16)15-10-12-5-4-6-13-10/h4-8H,1-3H3,(H,12,13,15). The lowest BCUT2D eigenvalue weighted by molar-refractivity contribution is 0.355. The highest BCUT2D eigenvalue weighted by atomic mass is 15.3. The van der Waals surface area contributed by atoms with E-state index in [4.69, 9.17) is 0 Å². The van der Waals surface area contributed by atoms with Gasteiger partial charge in [-0.05, 0) is 26.8 Å². The van der Waals surface area contributed by atoms with Gasteiger partial charge in [0.05, 0.1) is 17.4 Å². The van der Waals surface area contributed by atoms with Crippen LogP contribution in [0.5, 0.6) is 0 Å². The molecule has 2 aromatic heterocycles. The fourth-order valence-electron chi connectivity index (χ4n) is 1.25. The van der Waals surface area contributed by atoms with E-state index in [-0.39, 0.29) is 5.54 Å². The molecule has 0 aliphatic rings. The van der Waals surface area contributed by atoms with Crippen LogP contribution >= 0.6 is 0 Å². The summed E-state index contributed by atoms with van der Waals surface area (Å²) in [7, 11) is 0. The predicted octanol–water partition coefficient (Wildman–Crippen LogP) is 2.17. The van der Waals surface area contributed by atoms with Crippen LogP contribution in [0.4, 0.5) is 11.6 Å². The summed E-state index contributed by atoms with van der Waals surface area (Å²) in [6.07, 6.45) is 7.10. The molecule has 0 aliphatic carbocycles. The van der Waals surface area contributed by atoms with Crippen molar-refractivity contribution in [3.63, 3.8) is 0 Å². The topological polar surface area (TPSA) is 55.6 Å². The molecule has 16 heavy (non-hydrogen) atoms. The Labute approximate surface area is 94.5 Å². The van der Waals surface area contributed by atoms with Crippen LogP contribution in [0.1, 0.15) is 20.8 Å². The quantitative estimate of drug-likeness (QED) is 0.837. The second kappa shape index (κ2) is 3.92. The molecule has 0 radical (unpaired) electrons. The average Bonchev–Trinajstić information content (AvgIpc) is 2.67. The first kappa shape index (κ1) is 10.6. The Bertz CT molecular complexity index is 455. The van der Waals surface area contributed by atoms with E-state index in [0.29, 0.717) is 5.95 Å². The summed E-state index contributed by atoms with van der Waals surface area (Å²) in [6, 6.07) is 1.78. The van der Waals surface area contributed by atoms with Crippen molar-refractivity contribution in [3.8, 4) is 0 Å². The molecule has 0 saturated heterocycles. The lowest BCUT2D eigenvalue weighted by Gasteiger charge is -2.18. The van der Waals surface area contributed by atoms with E-state index in [1.807, 2.05) is 10.9 Å². The smallest absolute Gasteiger partial charge is 0.227 e. The number of hydrogen-bond acceptors (Lipinski definition) is 4. The van der Waals surface area contributed by atoms with Crippen molar-refractivity contribution < 1.29 is 0 Å². The van der Waals surface area contributed by atoms with E-state index in [9.17, 15) is 0 Å². The highest BCUT2D eigenvalue weighted by Crippen LogP contribution is 2.17. The van der Waals surface area contributed by atoms with Gasteiger partial charge < -0.3 is 5.32 Å². The third-order valence-corrected chi connectivity index (χ3v) is 2.09. The van der Waals surface area contributed by atoms with Crippen LogP contribution in [-0.4, -0.2) is 19.7 Å². The van der Waals surface area contributed by atoms with Gasteiger partial charge in [0.15, 0.2) is 0 Å².